The molecule has 1 aliphatic rings. The van der Waals surface area contributed by atoms with Crippen LogP contribution < -0.4 is 0 Å². The van der Waals surface area contributed by atoms with Crippen molar-refractivity contribution in [1.29, 1.82) is 0 Å². The molecule has 0 bridgehead atoms. The van der Waals surface area contributed by atoms with Gasteiger partial charge in [-0.05, 0) is 56.9 Å². The summed E-state index contributed by atoms with van der Waals surface area (Å²) in [7, 11) is 0. The number of Topliss-reactive ketones (excluding diaryl/α,β-unsaturated/α-hetero) is 1. The summed E-state index contributed by atoms with van der Waals surface area (Å²) in [5, 5.41) is 23.6. The maximum atomic E-state index is 13.2. The van der Waals surface area contributed by atoms with Gasteiger partial charge in [0.15, 0.2) is 0 Å². The SMILES string of the molecule is CSc1nc(/C=C(\C)[C@@H]2C/C=C(\C)CCC[C@H](C)[C@H](O)[C@@H](C)C(=O)C(C)(C)[C@@H](O)CC(=O)O2)cs1. The third kappa shape index (κ3) is 8.27. The average molecular weight is 524 g/mol. The largest absolute Gasteiger partial charge is 0.457 e. The third-order valence-electron chi connectivity index (χ3n) is 7.08. The predicted octanol–water partition coefficient (Wildman–Crippen LogP) is 5.68. The monoisotopic (exact) mass is 523 g/mol. The normalized spacial score (nSPS) is 31.5. The Morgan fingerprint density at radius 1 is 1.29 bits per heavy atom. The summed E-state index contributed by atoms with van der Waals surface area (Å²) in [6.07, 6.45) is 6.30. The van der Waals surface area contributed by atoms with Crippen LogP contribution in [-0.4, -0.2) is 51.5 Å². The van der Waals surface area contributed by atoms with Gasteiger partial charge in [0, 0.05) is 17.7 Å². The number of ketones is 1. The van der Waals surface area contributed by atoms with Crippen molar-refractivity contribution in [3.8, 4) is 0 Å². The zero-order chi connectivity index (χ0) is 26.3. The first-order valence-electron chi connectivity index (χ1n) is 12.3. The minimum Gasteiger partial charge on any atom is -0.457 e. The number of esters is 1. The molecule has 0 spiro atoms. The Kier molecular flexibility index (Phi) is 11.2. The first kappa shape index (κ1) is 29.7. The van der Waals surface area contributed by atoms with Gasteiger partial charge in [0.1, 0.15) is 16.2 Å². The van der Waals surface area contributed by atoms with E-state index in [1.165, 1.54) is 5.57 Å². The molecule has 0 unspecified atom stereocenters. The van der Waals surface area contributed by atoms with Gasteiger partial charge in [0.25, 0.3) is 0 Å². The fraction of sp³-hybridized carbons (Fsp3) is 0.667. The molecular formula is C27H41NO5S2. The van der Waals surface area contributed by atoms with E-state index in [0.717, 1.165) is 34.9 Å². The summed E-state index contributed by atoms with van der Waals surface area (Å²) in [5.41, 5.74) is 1.70. The molecule has 35 heavy (non-hydrogen) atoms. The number of carbonyl (C=O) groups excluding carboxylic acids is 2. The zero-order valence-electron chi connectivity index (χ0n) is 22.0. The first-order valence-corrected chi connectivity index (χ1v) is 14.4. The Morgan fingerprint density at radius 3 is 2.60 bits per heavy atom. The van der Waals surface area contributed by atoms with Crippen LogP contribution >= 0.6 is 23.1 Å². The highest BCUT2D eigenvalue weighted by Crippen LogP contribution is 2.32. The van der Waals surface area contributed by atoms with E-state index in [1.807, 2.05) is 31.6 Å². The number of aliphatic hydroxyl groups is 2. The number of allylic oxidation sites excluding steroid dienone is 1. The van der Waals surface area contributed by atoms with Crippen LogP contribution in [0.2, 0.25) is 0 Å². The molecule has 2 heterocycles. The lowest BCUT2D eigenvalue weighted by molar-refractivity contribution is -0.154. The second kappa shape index (κ2) is 13.2. The van der Waals surface area contributed by atoms with E-state index in [4.69, 9.17) is 4.74 Å². The number of aliphatic hydroxyl groups excluding tert-OH is 2. The maximum absolute atomic E-state index is 13.2. The van der Waals surface area contributed by atoms with Crippen molar-refractivity contribution in [1.82, 2.24) is 4.98 Å². The summed E-state index contributed by atoms with van der Waals surface area (Å²) >= 11 is 3.16. The Labute approximate surface area is 218 Å². The maximum Gasteiger partial charge on any atom is 0.309 e. The Morgan fingerprint density at radius 2 is 1.97 bits per heavy atom. The lowest BCUT2D eigenvalue weighted by atomic mass is 9.73. The molecule has 0 radical (unpaired) electrons. The molecule has 6 nitrogen and oxygen atoms in total. The highest BCUT2D eigenvalue weighted by molar-refractivity contribution is 8.00. The van der Waals surface area contributed by atoms with Crippen LogP contribution in [0, 0.1) is 17.3 Å². The lowest BCUT2D eigenvalue weighted by Crippen LogP contribution is -2.45. The van der Waals surface area contributed by atoms with Crippen molar-refractivity contribution in [3.63, 3.8) is 0 Å². The van der Waals surface area contributed by atoms with E-state index < -0.39 is 35.6 Å². The number of hydrogen-bond donors (Lipinski definition) is 2. The van der Waals surface area contributed by atoms with Crippen molar-refractivity contribution in [2.24, 2.45) is 17.3 Å². The van der Waals surface area contributed by atoms with Gasteiger partial charge in [-0.3, -0.25) is 9.59 Å². The number of rotatable bonds is 3. The molecule has 2 rings (SSSR count). The van der Waals surface area contributed by atoms with Crippen LogP contribution in [0.4, 0.5) is 0 Å². The van der Waals surface area contributed by atoms with E-state index >= 15 is 0 Å². The highest BCUT2D eigenvalue weighted by Gasteiger charge is 2.42. The number of aromatic nitrogens is 1. The van der Waals surface area contributed by atoms with Crippen molar-refractivity contribution in [2.45, 2.75) is 96.3 Å². The van der Waals surface area contributed by atoms with Gasteiger partial charge < -0.3 is 14.9 Å². The number of hydrogen-bond acceptors (Lipinski definition) is 8. The summed E-state index contributed by atoms with van der Waals surface area (Å²) in [5.74, 6) is -1.49. The summed E-state index contributed by atoms with van der Waals surface area (Å²) in [6, 6.07) is 0. The zero-order valence-corrected chi connectivity index (χ0v) is 23.7. The van der Waals surface area contributed by atoms with E-state index in [-0.39, 0.29) is 18.1 Å². The summed E-state index contributed by atoms with van der Waals surface area (Å²) in [4.78, 5) is 30.6. The topological polar surface area (TPSA) is 96.7 Å². The minimum absolute atomic E-state index is 0.0465. The molecule has 0 fully saturated rings. The van der Waals surface area contributed by atoms with Crippen LogP contribution in [-0.2, 0) is 14.3 Å². The molecular weight excluding hydrogens is 482 g/mol. The van der Waals surface area contributed by atoms with Crippen molar-refractivity contribution >= 4 is 40.9 Å². The Bertz CT molecular complexity index is 936. The fourth-order valence-electron chi connectivity index (χ4n) is 4.38. The number of nitrogens with zero attached hydrogens (tertiary/aromatic N) is 1. The number of ether oxygens (including phenoxy) is 1. The van der Waals surface area contributed by atoms with Crippen LogP contribution in [0.15, 0.2) is 26.9 Å². The van der Waals surface area contributed by atoms with E-state index in [2.05, 4.69) is 18.0 Å². The van der Waals surface area contributed by atoms with Gasteiger partial charge >= 0.3 is 5.97 Å². The standard InChI is InChI=1S/C27H41NO5S2/c1-16-9-8-10-17(2)24(31)19(4)25(32)27(5,6)22(29)14-23(30)33-21(12-11-16)18(3)13-20-15-35-26(28-20)34-7/h11,13,15,17,19,21-22,24,29,31H,8-10,12,14H2,1-7H3/b16-11+,18-13+/t17-,19+,21-,22-,24-/m0/s1. The molecule has 0 aliphatic carbocycles. The molecule has 0 aromatic carbocycles. The molecule has 1 aromatic heterocycles. The number of carbonyl (C=O) groups is 2. The molecule has 0 amide bonds. The van der Waals surface area contributed by atoms with Gasteiger partial charge in [0.2, 0.25) is 0 Å². The minimum atomic E-state index is -1.22. The van der Waals surface area contributed by atoms with Gasteiger partial charge in [0.05, 0.1) is 29.7 Å². The van der Waals surface area contributed by atoms with Gasteiger partial charge in [-0.15, -0.1) is 11.3 Å². The van der Waals surface area contributed by atoms with E-state index in [1.54, 1.807) is 43.9 Å². The molecule has 0 saturated heterocycles. The van der Waals surface area contributed by atoms with Crippen LogP contribution in [0.5, 0.6) is 0 Å². The van der Waals surface area contributed by atoms with E-state index in [9.17, 15) is 19.8 Å². The smallest absolute Gasteiger partial charge is 0.309 e. The lowest BCUT2D eigenvalue weighted by Gasteiger charge is -2.34. The van der Waals surface area contributed by atoms with Gasteiger partial charge in [-0.2, -0.15) is 0 Å². The van der Waals surface area contributed by atoms with Crippen molar-refractivity contribution in [3.05, 3.63) is 28.3 Å². The number of thiazole rings is 1. The number of cyclic esters (lactones) is 1. The van der Waals surface area contributed by atoms with Gasteiger partial charge in [-0.1, -0.05) is 51.1 Å². The molecule has 1 aliphatic heterocycles. The predicted molar refractivity (Wildman–Crippen MR) is 143 cm³/mol. The molecule has 0 saturated carbocycles. The van der Waals surface area contributed by atoms with E-state index in [0.29, 0.717) is 6.42 Å². The molecule has 196 valence electrons. The Balaban J connectivity index is 2.33. The third-order valence-corrected chi connectivity index (χ3v) is 8.96. The molecule has 5 atom stereocenters. The average Bonchev–Trinajstić information content (AvgIpc) is 3.26. The summed E-state index contributed by atoms with van der Waals surface area (Å²) < 4.78 is 6.80. The van der Waals surface area contributed by atoms with Crippen molar-refractivity contribution < 1.29 is 24.5 Å². The van der Waals surface area contributed by atoms with Crippen LogP contribution in [0.3, 0.4) is 0 Å². The molecule has 8 heteroatoms. The molecule has 2 N–H and O–H groups in total. The quantitative estimate of drug-likeness (QED) is 0.299. The van der Waals surface area contributed by atoms with Gasteiger partial charge in [-0.25, -0.2) is 4.98 Å². The summed E-state index contributed by atoms with van der Waals surface area (Å²) in [6.45, 7) is 10.9. The second-order valence-electron chi connectivity index (χ2n) is 10.4. The fourth-order valence-corrected chi connectivity index (χ4v) is 5.61. The second-order valence-corrected chi connectivity index (χ2v) is 12.3. The van der Waals surface area contributed by atoms with Crippen molar-refractivity contribution in [2.75, 3.05) is 6.26 Å². The first-order chi connectivity index (χ1) is 16.4. The van der Waals surface area contributed by atoms with Crippen LogP contribution in [0.25, 0.3) is 6.08 Å². The van der Waals surface area contributed by atoms with Crippen LogP contribution in [0.1, 0.15) is 79.3 Å². The Hall–Kier alpha value is -1.48. The molecule has 1 aromatic rings. The highest BCUT2D eigenvalue weighted by atomic mass is 32.2. The number of thioether (sulfide) groups is 1.